The normalized spacial score (nSPS) is 15.9. The highest BCUT2D eigenvalue weighted by atomic mass is 32.2. The molecule has 1 aliphatic heterocycles. The summed E-state index contributed by atoms with van der Waals surface area (Å²) in [6.45, 7) is 3.81. The molecule has 9 heteroatoms. The number of hydrogen-bond donors (Lipinski definition) is 2. The lowest BCUT2D eigenvalue weighted by Crippen LogP contribution is -2.27. The molecular weight excluding hydrogens is 364 g/mol. The van der Waals surface area contributed by atoms with E-state index in [4.69, 9.17) is 0 Å². The Hall–Kier alpha value is -2.52. The number of hydrogen-bond acceptors (Lipinski definition) is 7. The minimum absolute atomic E-state index is 0.0609. The average Bonchev–Trinajstić information content (AvgIpc) is 3.08. The van der Waals surface area contributed by atoms with E-state index in [0.29, 0.717) is 23.1 Å². The van der Waals surface area contributed by atoms with E-state index in [0.717, 1.165) is 37.8 Å². The Kier molecular flexibility index (Phi) is 4.56. The quantitative estimate of drug-likeness (QED) is 0.707. The molecule has 0 saturated carbocycles. The Morgan fingerprint density at radius 2 is 2.00 bits per heavy atom. The molecule has 142 valence electrons. The second-order valence-electron chi connectivity index (χ2n) is 6.86. The maximum Gasteiger partial charge on any atom is 0.192 e. The average molecular weight is 386 g/mol. The van der Waals surface area contributed by atoms with Crippen LogP contribution in [0.5, 0.6) is 0 Å². The molecular formula is C18H22N6O2S. The topological polar surface area (TPSA) is 101 Å². The van der Waals surface area contributed by atoms with Crippen LogP contribution >= 0.6 is 0 Å². The van der Waals surface area contributed by atoms with Gasteiger partial charge in [0.15, 0.2) is 26.3 Å². The summed E-state index contributed by atoms with van der Waals surface area (Å²) >= 11 is 0. The van der Waals surface area contributed by atoms with Gasteiger partial charge in [0.05, 0.1) is 11.4 Å². The van der Waals surface area contributed by atoms with Crippen molar-refractivity contribution in [1.29, 1.82) is 0 Å². The summed E-state index contributed by atoms with van der Waals surface area (Å²) < 4.78 is 25.4. The van der Waals surface area contributed by atoms with Gasteiger partial charge in [-0.1, -0.05) is 0 Å². The largest absolute Gasteiger partial charge is 0.336 e. The van der Waals surface area contributed by atoms with Gasteiger partial charge in [0.25, 0.3) is 0 Å². The van der Waals surface area contributed by atoms with Crippen molar-refractivity contribution in [3.05, 3.63) is 42.1 Å². The van der Waals surface area contributed by atoms with Crippen molar-refractivity contribution in [3.63, 3.8) is 0 Å². The summed E-state index contributed by atoms with van der Waals surface area (Å²) in [4.78, 5) is 13.2. The predicted octanol–water partition coefficient (Wildman–Crippen LogP) is 2.05. The zero-order valence-corrected chi connectivity index (χ0v) is 16.1. The van der Waals surface area contributed by atoms with Gasteiger partial charge in [-0.2, -0.15) is 0 Å². The molecule has 0 aromatic carbocycles. The van der Waals surface area contributed by atoms with Gasteiger partial charge in [0.2, 0.25) is 0 Å². The van der Waals surface area contributed by atoms with Crippen molar-refractivity contribution >= 4 is 27.0 Å². The number of anilines is 2. The summed E-state index contributed by atoms with van der Waals surface area (Å²) in [6, 6.07) is 3.21. The minimum atomic E-state index is -3.33. The molecule has 0 atom stereocenters. The first-order chi connectivity index (χ1) is 12.9. The lowest BCUT2D eigenvalue weighted by molar-refractivity contribution is 0.451. The molecule has 4 rings (SSSR count). The lowest BCUT2D eigenvalue weighted by Gasteiger charge is -2.22. The Labute approximate surface area is 158 Å². The lowest BCUT2D eigenvalue weighted by atomic mass is 9.95. The number of rotatable bonds is 4. The van der Waals surface area contributed by atoms with Crippen LogP contribution in [0.1, 0.15) is 30.1 Å². The Morgan fingerprint density at radius 1 is 1.22 bits per heavy atom. The fourth-order valence-corrected chi connectivity index (χ4v) is 4.07. The first-order valence-electron chi connectivity index (χ1n) is 8.91. The number of pyridine rings is 1. The molecule has 0 unspecified atom stereocenters. The van der Waals surface area contributed by atoms with Gasteiger partial charge >= 0.3 is 0 Å². The molecule has 1 fully saturated rings. The molecule has 3 aromatic rings. The highest BCUT2D eigenvalue weighted by Gasteiger charge is 2.20. The molecule has 1 saturated heterocycles. The second-order valence-corrected chi connectivity index (χ2v) is 8.82. The van der Waals surface area contributed by atoms with Gasteiger partial charge in [-0.15, -0.1) is 0 Å². The minimum Gasteiger partial charge on any atom is -0.336 e. The molecule has 8 nitrogen and oxygen atoms in total. The number of aromatic nitrogens is 4. The smallest absolute Gasteiger partial charge is 0.192 e. The third-order valence-corrected chi connectivity index (χ3v) is 5.89. The maximum absolute atomic E-state index is 11.7. The third kappa shape index (κ3) is 3.52. The van der Waals surface area contributed by atoms with E-state index in [9.17, 15) is 8.42 Å². The van der Waals surface area contributed by atoms with Crippen LogP contribution in [0, 0.1) is 6.92 Å². The highest BCUT2D eigenvalue weighted by molar-refractivity contribution is 7.90. The van der Waals surface area contributed by atoms with Gasteiger partial charge < -0.3 is 10.6 Å². The van der Waals surface area contributed by atoms with Crippen LogP contribution in [0.15, 0.2) is 35.7 Å². The standard InChI is InChI=1S/C18H22N6O2S/c1-12-14(3-4-16(22-12)27(2,25)26)23-17-18-21-11-15(24(18)10-9-20-17)13-5-7-19-8-6-13/h3-4,9-11,13,19H,5-8H2,1-2H3,(H,20,23). The molecule has 0 spiro atoms. The third-order valence-electron chi connectivity index (χ3n) is 4.91. The number of fused-ring (bicyclic) bond motifs is 1. The van der Waals surface area contributed by atoms with E-state index >= 15 is 0 Å². The van der Waals surface area contributed by atoms with Crippen LogP contribution in [0.25, 0.3) is 5.65 Å². The molecule has 0 radical (unpaired) electrons. The van der Waals surface area contributed by atoms with Crippen LogP contribution in [0.4, 0.5) is 11.5 Å². The molecule has 27 heavy (non-hydrogen) atoms. The first-order valence-corrected chi connectivity index (χ1v) is 10.8. The van der Waals surface area contributed by atoms with Crippen molar-refractivity contribution in [2.24, 2.45) is 0 Å². The van der Waals surface area contributed by atoms with E-state index in [1.165, 1.54) is 11.8 Å². The first kappa shape index (κ1) is 17.9. The molecule has 3 aromatic heterocycles. The van der Waals surface area contributed by atoms with E-state index in [-0.39, 0.29) is 5.03 Å². The van der Waals surface area contributed by atoms with E-state index in [2.05, 4.69) is 30.0 Å². The maximum atomic E-state index is 11.7. The number of imidazole rings is 1. The number of aryl methyl sites for hydroxylation is 1. The zero-order chi connectivity index (χ0) is 19.0. The van der Waals surface area contributed by atoms with Crippen LogP contribution in [0.2, 0.25) is 0 Å². The Bertz CT molecular complexity index is 1090. The number of piperidine rings is 1. The SMILES string of the molecule is Cc1nc(S(C)(=O)=O)ccc1Nc1nccn2c(C3CCNCC3)cnc12. The van der Waals surface area contributed by atoms with E-state index < -0.39 is 9.84 Å². The molecule has 0 amide bonds. The molecule has 2 N–H and O–H groups in total. The summed E-state index contributed by atoms with van der Waals surface area (Å²) in [5, 5.41) is 6.69. The van der Waals surface area contributed by atoms with Gasteiger partial charge in [-0.25, -0.2) is 23.4 Å². The van der Waals surface area contributed by atoms with E-state index in [1.807, 2.05) is 12.4 Å². The van der Waals surface area contributed by atoms with Gasteiger partial charge in [-0.05, 0) is 45.0 Å². The Morgan fingerprint density at radius 3 is 2.70 bits per heavy atom. The van der Waals surface area contributed by atoms with Crippen LogP contribution in [0.3, 0.4) is 0 Å². The van der Waals surface area contributed by atoms with Crippen LogP contribution in [-0.2, 0) is 9.84 Å². The number of sulfone groups is 1. The molecule has 0 bridgehead atoms. The van der Waals surface area contributed by atoms with Crippen molar-refractivity contribution in [2.75, 3.05) is 24.7 Å². The van der Waals surface area contributed by atoms with E-state index in [1.54, 1.807) is 19.2 Å². The summed E-state index contributed by atoms with van der Waals surface area (Å²) in [5.74, 6) is 1.10. The summed E-state index contributed by atoms with van der Waals surface area (Å²) in [6.07, 6.45) is 8.94. The summed E-state index contributed by atoms with van der Waals surface area (Å²) in [5.41, 5.74) is 3.23. The van der Waals surface area contributed by atoms with Crippen molar-refractivity contribution in [3.8, 4) is 0 Å². The van der Waals surface area contributed by atoms with Crippen molar-refractivity contribution < 1.29 is 8.42 Å². The Balaban J connectivity index is 1.68. The number of nitrogens with one attached hydrogen (secondary N) is 2. The van der Waals surface area contributed by atoms with Gasteiger partial charge in [-0.3, -0.25) is 4.40 Å². The van der Waals surface area contributed by atoms with Gasteiger partial charge in [0, 0.05) is 36.5 Å². The van der Waals surface area contributed by atoms with Crippen LogP contribution < -0.4 is 10.6 Å². The highest BCUT2D eigenvalue weighted by Crippen LogP contribution is 2.28. The molecule has 1 aliphatic rings. The van der Waals surface area contributed by atoms with Gasteiger partial charge in [0.1, 0.15) is 0 Å². The van der Waals surface area contributed by atoms with Crippen LogP contribution in [-0.4, -0.2) is 47.1 Å². The molecule has 4 heterocycles. The van der Waals surface area contributed by atoms with Crippen molar-refractivity contribution in [2.45, 2.75) is 30.7 Å². The van der Waals surface area contributed by atoms with Crippen molar-refractivity contribution in [1.82, 2.24) is 24.7 Å². The predicted molar refractivity (Wildman–Crippen MR) is 103 cm³/mol. The zero-order valence-electron chi connectivity index (χ0n) is 15.3. The fraction of sp³-hybridized carbons (Fsp3) is 0.389. The monoisotopic (exact) mass is 386 g/mol. The summed E-state index contributed by atoms with van der Waals surface area (Å²) in [7, 11) is -3.33. The number of nitrogens with zero attached hydrogens (tertiary/aromatic N) is 4. The fourth-order valence-electron chi connectivity index (χ4n) is 3.45. The second kappa shape index (κ2) is 6.90. The molecule has 0 aliphatic carbocycles.